The zero-order valence-electron chi connectivity index (χ0n) is 13.0. The molecule has 1 N–H and O–H groups in total. The summed E-state index contributed by atoms with van der Waals surface area (Å²) in [6.45, 7) is 3.00. The van der Waals surface area contributed by atoms with Gasteiger partial charge in [0.25, 0.3) is 5.91 Å². The van der Waals surface area contributed by atoms with Crippen LogP contribution in [0.25, 0.3) is 0 Å². The average Bonchev–Trinajstić information content (AvgIpc) is 3.25. The van der Waals surface area contributed by atoms with Crippen molar-refractivity contribution in [2.75, 3.05) is 32.8 Å². The van der Waals surface area contributed by atoms with Crippen LogP contribution in [0.15, 0.2) is 16.3 Å². The molecule has 128 valence electrons. The Kier molecular flexibility index (Phi) is 5.35. The van der Waals surface area contributed by atoms with Crippen LogP contribution in [-0.2, 0) is 14.8 Å². The Bertz CT molecular complexity index is 644. The van der Waals surface area contributed by atoms with Crippen LogP contribution >= 0.6 is 11.3 Å². The molecule has 0 aliphatic carbocycles. The minimum Gasteiger partial charge on any atom is -0.381 e. The van der Waals surface area contributed by atoms with Crippen molar-refractivity contribution < 1.29 is 17.9 Å². The molecule has 8 heteroatoms. The fraction of sp³-hybridized carbons (Fsp3) is 0.667. The van der Waals surface area contributed by atoms with Gasteiger partial charge in [-0.05, 0) is 30.7 Å². The van der Waals surface area contributed by atoms with Gasteiger partial charge in [-0.3, -0.25) is 4.79 Å². The van der Waals surface area contributed by atoms with Crippen molar-refractivity contribution in [3.05, 3.63) is 16.3 Å². The second-order valence-corrected chi connectivity index (χ2v) is 8.84. The van der Waals surface area contributed by atoms with Gasteiger partial charge in [0.15, 0.2) is 0 Å². The number of piperidine rings is 1. The van der Waals surface area contributed by atoms with Crippen LogP contribution in [0.1, 0.15) is 35.4 Å². The Balaban J connectivity index is 1.71. The number of thiophene rings is 1. The molecule has 2 aliphatic heterocycles. The minimum atomic E-state index is -3.57. The van der Waals surface area contributed by atoms with E-state index in [2.05, 4.69) is 5.32 Å². The lowest BCUT2D eigenvalue weighted by Gasteiger charge is -2.25. The molecule has 1 aromatic rings. The van der Waals surface area contributed by atoms with E-state index in [0.29, 0.717) is 32.2 Å². The molecule has 2 saturated heterocycles. The summed E-state index contributed by atoms with van der Waals surface area (Å²) in [4.78, 5) is 12.8. The highest BCUT2D eigenvalue weighted by molar-refractivity contribution is 7.89. The van der Waals surface area contributed by atoms with Crippen LogP contribution in [-0.4, -0.2) is 51.5 Å². The van der Waals surface area contributed by atoms with Crippen LogP contribution in [0.2, 0.25) is 0 Å². The first kappa shape index (κ1) is 16.9. The molecule has 0 saturated carbocycles. The number of amides is 1. The third kappa shape index (κ3) is 3.76. The van der Waals surface area contributed by atoms with Gasteiger partial charge in [-0.2, -0.15) is 4.31 Å². The highest BCUT2D eigenvalue weighted by Gasteiger charge is 2.31. The van der Waals surface area contributed by atoms with Gasteiger partial charge in [0.1, 0.15) is 9.77 Å². The van der Waals surface area contributed by atoms with Crippen molar-refractivity contribution in [3.63, 3.8) is 0 Å². The summed E-state index contributed by atoms with van der Waals surface area (Å²) in [6, 6.07) is 1.54. The number of nitrogens with zero attached hydrogens (tertiary/aromatic N) is 1. The van der Waals surface area contributed by atoms with Crippen LogP contribution in [0.4, 0.5) is 0 Å². The van der Waals surface area contributed by atoms with Gasteiger partial charge >= 0.3 is 0 Å². The fourth-order valence-corrected chi connectivity index (χ4v) is 5.81. The van der Waals surface area contributed by atoms with Gasteiger partial charge in [-0.1, -0.05) is 6.42 Å². The van der Waals surface area contributed by atoms with E-state index in [-0.39, 0.29) is 15.7 Å². The molecule has 2 fully saturated rings. The number of sulfonamides is 1. The maximum Gasteiger partial charge on any atom is 0.262 e. The third-order valence-corrected chi connectivity index (χ3v) is 7.33. The molecule has 0 radical (unpaired) electrons. The van der Waals surface area contributed by atoms with Gasteiger partial charge in [0, 0.05) is 32.2 Å². The fourth-order valence-electron chi connectivity index (χ4n) is 2.97. The molecule has 1 atom stereocenters. The number of hydrogen-bond donors (Lipinski definition) is 1. The Morgan fingerprint density at radius 2 is 2.13 bits per heavy atom. The molecule has 0 spiro atoms. The number of rotatable bonds is 5. The molecule has 3 heterocycles. The second kappa shape index (κ2) is 7.29. The van der Waals surface area contributed by atoms with E-state index in [1.54, 1.807) is 11.4 Å². The van der Waals surface area contributed by atoms with Crippen LogP contribution in [0, 0.1) is 5.92 Å². The molecule has 0 unspecified atom stereocenters. The van der Waals surface area contributed by atoms with Crippen molar-refractivity contribution in [1.29, 1.82) is 0 Å². The molecular weight excluding hydrogens is 336 g/mol. The van der Waals surface area contributed by atoms with E-state index in [1.165, 1.54) is 15.6 Å². The molecule has 1 aromatic heterocycles. The van der Waals surface area contributed by atoms with E-state index >= 15 is 0 Å². The number of ether oxygens (including phenoxy) is 1. The van der Waals surface area contributed by atoms with Crippen molar-refractivity contribution in [2.24, 2.45) is 5.92 Å². The number of carbonyl (C=O) groups is 1. The predicted octanol–water partition coefficient (Wildman–Crippen LogP) is 1.69. The van der Waals surface area contributed by atoms with E-state index in [4.69, 9.17) is 4.74 Å². The summed E-state index contributed by atoms with van der Waals surface area (Å²) >= 11 is 1.18. The lowest BCUT2D eigenvalue weighted by molar-refractivity contribution is 0.0946. The highest BCUT2D eigenvalue weighted by atomic mass is 32.2. The van der Waals surface area contributed by atoms with Crippen molar-refractivity contribution in [1.82, 2.24) is 9.62 Å². The Labute approximate surface area is 140 Å². The summed E-state index contributed by atoms with van der Waals surface area (Å²) < 4.78 is 32.3. The molecule has 6 nitrogen and oxygen atoms in total. The topological polar surface area (TPSA) is 75.7 Å². The largest absolute Gasteiger partial charge is 0.381 e. The van der Waals surface area contributed by atoms with Crippen LogP contribution < -0.4 is 5.32 Å². The predicted molar refractivity (Wildman–Crippen MR) is 88.2 cm³/mol. The summed E-state index contributed by atoms with van der Waals surface area (Å²) in [5.41, 5.74) is 0. The smallest absolute Gasteiger partial charge is 0.262 e. The summed E-state index contributed by atoms with van der Waals surface area (Å²) in [5, 5.41) is 4.52. The van der Waals surface area contributed by atoms with Gasteiger partial charge in [0.2, 0.25) is 10.0 Å². The molecule has 23 heavy (non-hydrogen) atoms. The van der Waals surface area contributed by atoms with Crippen molar-refractivity contribution >= 4 is 27.3 Å². The van der Waals surface area contributed by atoms with Gasteiger partial charge < -0.3 is 10.1 Å². The molecular formula is C15H22N2O4S2. The number of hydrogen-bond acceptors (Lipinski definition) is 5. The van der Waals surface area contributed by atoms with Crippen molar-refractivity contribution in [2.45, 2.75) is 30.6 Å². The third-order valence-electron chi connectivity index (χ3n) is 4.34. The van der Waals surface area contributed by atoms with Gasteiger partial charge in [0.05, 0.1) is 6.61 Å². The normalized spacial score (nSPS) is 23.0. The monoisotopic (exact) mass is 358 g/mol. The highest BCUT2D eigenvalue weighted by Crippen LogP contribution is 2.27. The zero-order chi connectivity index (χ0) is 16.3. The second-order valence-electron chi connectivity index (χ2n) is 6.02. The minimum absolute atomic E-state index is 0.143. The van der Waals surface area contributed by atoms with E-state index in [1.807, 2.05) is 0 Å². The van der Waals surface area contributed by atoms with E-state index in [9.17, 15) is 13.2 Å². The summed E-state index contributed by atoms with van der Waals surface area (Å²) in [6.07, 6.45) is 3.76. The Morgan fingerprint density at radius 3 is 2.83 bits per heavy atom. The maximum absolute atomic E-state index is 12.8. The molecule has 0 aromatic carbocycles. The first-order valence-electron chi connectivity index (χ1n) is 8.02. The van der Waals surface area contributed by atoms with E-state index in [0.717, 1.165) is 32.3 Å². The summed E-state index contributed by atoms with van der Waals surface area (Å²) in [7, 11) is -3.57. The Morgan fingerprint density at radius 1 is 1.35 bits per heavy atom. The Hall–Kier alpha value is -0.960. The lowest BCUT2D eigenvalue weighted by Crippen LogP contribution is -2.37. The zero-order valence-corrected chi connectivity index (χ0v) is 14.6. The SMILES string of the molecule is O=C(NC[C@@H]1CCOC1)c1sccc1S(=O)(=O)N1CCCCC1. The first-order valence-corrected chi connectivity index (χ1v) is 10.3. The first-order chi connectivity index (χ1) is 11.1. The van der Waals surface area contributed by atoms with Crippen LogP contribution in [0.5, 0.6) is 0 Å². The molecule has 3 rings (SSSR count). The lowest BCUT2D eigenvalue weighted by atomic mass is 10.1. The van der Waals surface area contributed by atoms with Gasteiger partial charge in [-0.15, -0.1) is 11.3 Å². The maximum atomic E-state index is 12.8. The van der Waals surface area contributed by atoms with E-state index < -0.39 is 10.0 Å². The number of carbonyl (C=O) groups excluding carboxylic acids is 1. The average molecular weight is 358 g/mol. The van der Waals surface area contributed by atoms with Crippen LogP contribution in [0.3, 0.4) is 0 Å². The number of nitrogens with one attached hydrogen (secondary N) is 1. The molecule has 1 amide bonds. The standard InChI is InChI=1S/C15H22N2O4S2/c18-15(16-10-12-4-8-21-11-12)14-13(5-9-22-14)23(19,20)17-6-2-1-3-7-17/h5,9,12H,1-4,6-8,10-11H2,(H,16,18)/t12-/m0/s1. The van der Waals surface area contributed by atoms with Gasteiger partial charge in [-0.25, -0.2) is 8.42 Å². The molecule has 2 aliphatic rings. The quantitative estimate of drug-likeness (QED) is 0.869. The molecule has 0 bridgehead atoms. The summed E-state index contributed by atoms with van der Waals surface area (Å²) in [5.74, 6) is 0.0172. The van der Waals surface area contributed by atoms with Crippen molar-refractivity contribution in [3.8, 4) is 0 Å².